The number of H-pyrrole nitrogens is 1. The number of aliphatic imine (C=N–C) groups is 1. The molecule has 0 aromatic carbocycles. The minimum atomic E-state index is -0.393. The van der Waals surface area contributed by atoms with E-state index in [0.29, 0.717) is 6.61 Å². The molecule has 1 rings (SSSR count). The molecule has 1 N–H and O–H groups in total. The van der Waals surface area contributed by atoms with E-state index in [9.17, 15) is 4.79 Å². The molecule has 0 aliphatic heterocycles. The molecule has 0 aliphatic carbocycles. The Balaban J connectivity index is 2.94. The smallest absolute Gasteiger partial charge is 0.278 e. The number of rotatable bonds is 3. The summed E-state index contributed by atoms with van der Waals surface area (Å²) in [6.07, 6.45) is 2.38. The van der Waals surface area contributed by atoms with Gasteiger partial charge in [0.05, 0.1) is 12.9 Å². The highest BCUT2D eigenvalue weighted by molar-refractivity contribution is 6.31. The van der Waals surface area contributed by atoms with Gasteiger partial charge in [-0.2, -0.15) is 0 Å². The zero-order chi connectivity index (χ0) is 9.68. The number of aromatic nitrogens is 2. The SMILES string of the molecule is CCOC=Nc1c(Cl)nc[nH]c1=O. The Labute approximate surface area is 79.4 Å². The van der Waals surface area contributed by atoms with Crippen LogP contribution < -0.4 is 5.56 Å². The maximum atomic E-state index is 11.1. The van der Waals surface area contributed by atoms with Crippen LogP contribution in [0.5, 0.6) is 0 Å². The largest absolute Gasteiger partial charge is 0.483 e. The molecular formula is C7H8ClN3O2. The van der Waals surface area contributed by atoms with E-state index in [4.69, 9.17) is 16.3 Å². The molecule has 0 saturated carbocycles. The summed E-state index contributed by atoms with van der Waals surface area (Å²) in [4.78, 5) is 20.8. The van der Waals surface area contributed by atoms with E-state index >= 15 is 0 Å². The molecule has 0 spiro atoms. The Hall–Kier alpha value is -1.36. The van der Waals surface area contributed by atoms with Crippen molar-refractivity contribution in [1.82, 2.24) is 9.97 Å². The average molecular weight is 202 g/mol. The molecule has 5 nitrogen and oxygen atoms in total. The summed E-state index contributed by atoms with van der Waals surface area (Å²) >= 11 is 5.61. The third-order valence-electron chi connectivity index (χ3n) is 1.21. The van der Waals surface area contributed by atoms with Gasteiger partial charge in [0.15, 0.2) is 17.2 Å². The summed E-state index contributed by atoms with van der Waals surface area (Å²) in [5.74, 6) is 0. The van der Waals surface area contributed by atoms with E-state index in [2.05, 4.69) is 15.0 Å². The van der Waals surface area contributed by atoms with E-state index in [1.807, 2.05) is 0 Å². The van der Waals surface area contributed by atoms with Crippen LogP contribution in [-0.4, -0.2) is 23.0 Å². The van der Waals surface area contributed by atoms with Crippen LogP contribution in [0.2, 0.25) is 5.15 Å². The van der Waals surface area contributed by atoms with Crippen molar-refractivity contribution < 1.29 is 4.74 Å². The summed E-state index contributed by atoms with van der Waals surface area (Å²) in [5.41, 5.74) is -0.339. The summed E-state index contributed by atoms with van der Waals surface area (Å²) in [7, 11) is 0. The Morgan fingerprint density at radius 1 is 1.85 bits per heavy atom. The molecule has 0 unspecified atom stereocenters. The molecule has 6 heteroatoms. The van der Waals surface area contributed by atoms with Gasteiger partial charge in [-0.25, -0.2) is 9.98 Å². The van der Waals surface area contributed by atoms with Crippen LogP contribution in [0.3, 0.4) is 0 Å². The van der Waals surface area contributed by atoms with Gasteiger partial charge < -0.3 is 9.72 Å². The third-order valence-corrected chi connectivity index (χ3v) is 1.48. The number of aromatic amines is 1. The Bertz CT molecular complexity index is 361. The second-order valence-corrected chi connectivity index (χ2v) is 2.42. The first kappa shape index (κ1) is 9.73. The lowest BCUT2D eigenvalue weighted by atomic mass is 10.5. The molecule has 70 valence electrons. The van der Waals surface area contributed by atoms with Gasteiger partial charge in [-0.05, 0) is 6.92 Å². The molecule has 0 bridgehead atoms. The highest BCUT2D eigenvalue weighted by Gasteiger charge is 2.02. The summed E-state index contributed by atoms with van der Waals surface area (Å²) in [6.45, 7) is 2.29. The van der Waals surface area contributed by atoms with Crippen LogP contribution in [-0.2, 0) is 4.74 Å². The summed E-state index contributed by atoms with van der Waals surface area (Å²) < 4.78 is 4.82. The van der Waals surface area contributed by atoms with E-state index in [-0.39, 0.29) is 10.8 Å². The number of ether oxygens (including phenoxy) is 1. The quantitative estimate of drug-likeness (QED) is 0.453. The molecule has 0 atom stereocenters. The predicted octanol–water partition coefficient (Wildman–Crippen LogP) is 1.12. The van der Waals surface area contributed by atoms with Crippen molar-refractivity contribution in [1.29, 1.82) is 0 Å². The van der Waals surface area contributed by atoms with Crippen LogP contribution in [0.25, 0.3) is 0 Å². The second kappa shape index (κ2) is 4.61. The van der Waals surface area contributed by atoms with E-state index in [0.717, 1.165) is 6.40 Å². The van der Waals surface area contributed by atoms with E-state index in [1.165, 1.54) is 6.33 Å². The monoisotopic (exact) mass is 201 g/mol. The first-order chi connectivity index (χ1) is 6.25. The van der Waals surface area contributed by atoms with Crippen molar-refractivity contribution in [3.8, 4) is 0 Å². The van der Waals surface area contributed by atoms with Crippen LogP contribution in [0.1, 0.15) is 6.92 Å². The van der Waals surface area contributed by atoms with Crippen molar-refractivity contribution in [2.24, 2.45) is 4.99 Å². The van der Waals surface area contributed by atoms with Gasteiger partial charge in [0.2, 0.25) is 0 Å². The average Bonchev–Trinajstić information content (AvgIpc) is 2.10. The molecule has 0 saturated heterocycles. The van der Waals surface area contributed by atoms with Gasteiger partial charge in [-0.15, -0.1) is 0 Å². The van der Waals surface area contributed by atoms with Crippen LogP contribution in [0.4, 0.5) is 5.69 Å². The first-order valence-electron chi connectivity index (χ1n) is 3.63. The topological polar surface area (TPSA) is 67.3 Å². The number of hydrogen-bond acceptors (Lipinski definition) is 4. The molecule has 0 aliphatic rings. The van der Waals surface area contributed by atoms with Crippen molar-refractivity contribution in [2.45, 2.75) is 6.92 Å². The van der Waals surface area contributed by atoms with Crippen LogP contribution >= 0.6 is 11.6 Å². The molecular weight excluding hydrogens is 194 g/mol. The standard InChI is InChI=1S/C7H8ClN3O2/c1-2-13-4-11-5-6(8)9-3-10-7(5)12/h3-4H,2H2,1H3,(H,9,10,12). The fourth-order valence-electron chi connectivity index (χ4n) is 0.647. The minimum absolute atomic E-state index is 0.0533. The van der Waals surface area contributed by atoms with Crippen LogP contribution in [0, 0.1) is 0 Å². The lowest BCUT2D eigenvalue weighted by Crippen LogP contribution is -2.05. The first-order valence-corrected chi connectivity index (χ1v) is 4.00. The predicted molar refractivity (Wildman–Crippen MR) is 49.6 cm³/mol. The molecule has 13 heavy (non-hydrogen) atoms. The van der Waals surface area contributed by atoms with Gasteiger partial charge >= 0.3 is 0 Å². The zero-order valence-corrected chi connectivity index (χ0v) is 7.71. The maximum absolute atomic E-state index is 11.1. The summed E-state index contributed by atoms with van der Waals surface area (Å²) in [5, 5.41) is 0.0553. The highest BCUT2D eigenvalue weighted by Crippen LogP contribution is 2.14. The Morgan fingerprint density at radius 2 is 2.62 bits per heavy atom. The van der Waals surface area contributed by atoms with Gasteiger partial charge in [0.1, 0.15) is 0 Å². The molecule has 0 radical (unpaired) electrons. The molecule has 0 amide bonds. The Kier molecular flexibility index (Phi) is 3.45. The molecule has 1 heterocycles. The van der Waals surface area contributed by atoms with Gasteiger partial charge in [0, 0.05) is 0 Å². The zero-order valence-electron chi connectivity index (χ0n) is 6.95. The Morgan fingerprint density at radius 3 is 3.23 bits per heavy atom. The number of halogens is 1. The van der Waals surface area contributed by atoms with Gasteiger partial charge in [-0.3, -0.25) is 4.79 Å². The van der Waals surface area contributed by atoms with Crippen LogP contribution in [0.15, 0.2) is 16.1 Å². The minimum Gasteiger partial charge on any atom is -0.483 e. The van der Waals surface area contributed by atoms with Crippen molar-refractivity contribution in [2.75, 3.05) is 6.61 Å². The molecule has 0 fully saturated rings. The van der Waals surface area contributed by atoms with Crippen molar-refractivity contribution in [3.63, 3.8) is 0 Å². The van der Waals surface area contributed by atoms with Crippen molar-refractivity contribution in [3.05, 3.63) is 21.8 Å². The number of nitrogens with zero attached hydrogens (tertiary/aromatic N) is 2. The van der Waals surface area contributed by atoms with Gasteiger partial charge in [-0.1, -0.05) is 11.6 Å². The third kappa shape index (κ3) is 2.55. The summed E-state index contributed by atoms with van der Waals surface area (Å²) in [6, 6.07) is 0. The van der Waals surface area contributed by atoms with E-state index in [1.54, 1.807) is 6.92 Å². The maximum Gasteiger partial charge on any atom is 0.278 e. The number of hydrogen-bond donors (Lipinski definition) is 1. The van der Waals surface area contributed by atoms with Gasteiger partial charge in [0.25, 0.3) is 5.56 Å². The highest BCUT2D eigenvalue weighted by atomic mass is 35.5. The number of nitrogens with one attached hydrogen (secondary N) is 1. The normalized spacial score (nSPS) is 10.6. The lowest BCUT2D eigenvalue weighted by Gasteiger charge is -1.94. The fraction of sp³-hybridized carbons (Fsp3) is 0.286. The molecule has 1 aromatic heterocycles. The fourth-order valence-corrected chi connectivity index (χ4v) is 0.831. The second-order valence-electron chi connectivity index (χ2n) is 2.06. The lowest BCUT2D eigenvalue weighted by molar-refractivity contribution is 0.344. The van der Waals surface area contributed by atoms with E-state index < -0.39 is 5.56 Å². The van der Waals surface area contributed by atoms with Crippen molar-refractivity contribution >= 4 is 23.7 Å². The molecule has 1 aromatic rings.